The molecule has 21 heavy (non-hydrogen) atoms. The maximum absolute atomic E-state index is 12.5. The Kier molecular flexibility index (Phi) is 6.10. The summed E-state index contributed by atoms with van der Waals surface area (Å²) in [7, 11) is 0. The average molecular weight is 300 g/mol. The Labute approximate surface area is 121 Å². The summed E-state index contributed by atoms with van der Waals surface area (Å²) in [4.78, 5) is 11.3. The summed E-state index contributed by atoms with van der Waals surface area (Å²) in [6.07, 6.45) is 0.655. The Morgan fingerprint density at radius 1 is 1.43 bits per heavy atom. The van der Waals surface area contributed by atoms with Crippen LogP contribution < -0.4 is 4.74 Å². The van der Waals surface area contributed by atoms with Gasteiger partial charge in [0.15, 0.2) is 6.10 Å². The van der Waals surface area contributed by atoms with Gasteiger partial charge in [-0.25, -0.2) is 0 Å². The molecule has 0 aliphatic heterocycles. The summed E-state index contributed by atoms with van der Waals surface area (Å²) in [5.74, 6) is 1.76. The van der Waals surface area contributed by atoms with Crippen LogP contribution in [0.15, 0.2) is 24.3 Å². The van der Waals surface area contributed by atoms with Crippen molar-refractivity contribution in [3.05, 3.63) is 29.8 Å². The van der Waals surface area contributed by atoms with Crippen LogP contribution in [0.5, 0.6) is 5.75 Å². The Morgan fingerprint density at radius 2 is 2.14 bits per heavy atom. The summed E-state index contributed by atoms with van der Waals surface area (Å²) in [6.45, 7) is 1.61. The third kappa shape index (κ3) is 5.78. The highest BCUT2D eigenvalue weighted by atomic mass is 19.4. The molecule has 1 aromatic rings. The van der Waals surface area contributed by atoms with E-state index in [1.807, 2.05) is 6.92 Å². The van der Waals surface area contributed by atoms with E-state index in [2.05, 4.69) is 5.92 Å². The number of benzene rings is 1. The summed E-state index contributed by atoms with van der Waals surface area (Å²) in [5.41, 5.74) is -0.819. The van der Waals surface area contributed by atoms with E-state index in [9.17, 15) is 18.0 Å². The summed E-state index contributed by atoms with van der Waals surface area (Å²) in [5, 5.41) is 0. The fourth-order valence-corrected chi connectivity index (χ4v) is 1.47. The Morgan fingerprint density at radius 3 is 2.71 bits per heavy atom. The third-order valence-electron chi connectivity index (χ3n) is 2.48. The zero-order chi connectivity index (χ0) is 15.9. The van der Waals surface area contributed by atoms with Crippen LogP contribution in [0.4, 0.5) is 13.2 Å². The molecule has 0 aliphatic carbocycles. The van der Waals surface area contributed by atoms with Crippen LogP contribution in [0, 0.1) is 12.3 Å². The highest BCUT2D eigenvalue weighted by Crippen LogP contribution is 2.31. The fourth-order valence-electron chi connectivity index (χ4n) is 1.47. The monoisotopic (exact) mass is 300 g/mol. The fraction of sp³-hybridized carbons (Fsp3) is 0.400. The molecule has 1 aromatic carbocycles. The van der Waals surface area contributed by atoms with Gasteiger partial charge in [0.25, 0.3) is 0 Å². The number of terminal acetylenes is 1. The zero-order valence-electron chi connectivity index (χ0n) is 11.4. The normalized spacial score (nSPS) is 12.3. The molecule has 114 valence electrons. The molecule has 3 nitrogen and oxygen atoms in total. The van der Waals surface area contributed by atoms with E-state index in [1.165, 1.54) is 12.1 Å². The molecule has 0 fully saturated rings. The number of hydrogen-bond acceptors (Lipinski definition) is 3. The molecule has 0 aliphatic rings. The number of carbonyl (C=O) groups excluding carboxylic acids is 1. The number of esters is 1. The number of ether oxygens (including phenoxy) is 2. The maximum atomic E-state index is 12.5. The van der Waals surface area contributed by atoms with E-state index < -0.39 is 23.8 Å². The van der Waals surface area contributed by atoms with Crippen LogP contribution >= 0.6 is 0 Å². The van der Waals surface area contributed by atoms with Gasteiger partial charge in [0.05, 0.1) is 5.56 Å². The van der Waals surface area contributed by atoms with Crippen molar-refractivity contribution in [1.82, 2.24) is 0 Å². The number of carbonyl (C=O) groups is 1. The van der Waals surface area contributed by atoms with Gasteiger partial charge in [-0.1, -0.05) is 18.9 Å². The smallest absolute Gasteiger partial charge is 0.416 e. The molecule has 6 heteroatoms. The van der Waals surface area contributed by atoms with E-state index in [1.54, 1.807) is 0 Å². The zero-order valence-corrected chi connectivity index (χ0v) is 11.4. The quantitative estimate of drug-likeness (QED) is 0.596. The number of alkyl halides is 3. The molecule has 0 aromatic heterocycles. The molecule has 1 atom stereocenters. The predicted molar refractivity (Wildman–Crippen MR) is 70.6 cm³/mol. The van der Waals surface area contributed by atoms with E-state index in [4.69, 9.17) is 15.9 Å². The van der Waals surface area contributed by atoms with Crippen molar-refractivity contribution in [3.63, 3.8) is 0 Å². The Hall–Kier alpha value is -2.16. The first kappa shape index (κ1) is 16.9. The lowest BCUT2D eigenvalue weighted by Gasteiger charge is -2.14. The van der Waals surface area contributed by atoms with Gasteiger partial charge in [-0.15, -0.1) is 6.42 Å². The first-order chi connectivity index (χ1) is 9.86. The predicted octanol–water partition coefficient (Wildman–Crippen LogP) is 3.43. The van der Waals surface area contributed by atoms with Gasteiger partial charge in [0, 0.05) is 6.42 Å². The average Bonchev–Trinajstić information content (AvgIpc) is 2.43. The maximum Gasteiger partial charge on any atom is 0.416 e. The Bertz CT molecular complexity index is 518. The summed E-state index contributed by atoms with van der Waals surface area (Å²) < 4.78 is 47.7. The van der Waals surface area contributed by atoms with E-state index >= 15 is 0 Å². The van der Waals surface area contributed by atoms with Crippen LogP contribution in [-0.2, 0) is 15.7 Å². The van der Waals surface area contributed by atoms with Gasteiger partial charge in [-0.05, 0) is 24.6 Å². The van der Waals surface area contributed by atoms with Gasteiger partial charge >= 0.3 is 12.1 Å². The van der Waals surface area contributed by atoms with Crippen LogP contribution in [0.3, 0.4) is 0 Å². The summed E-state index contributed by atoms with van der Waals surface area (Å²) >= 11 is 0. The second-order valence-corrected chi connectivity index (χ2v) is 4.23. The molecule has 1 rings (SSSR count). The molecule has 0 spiro atoms. The SMILES string of the molecule is C#CC(COc1cccc(C(F)(F)F)c1)OC(=O)CCC. The van der Waals surface area contributed by atoms with Gasteiger partial charge in [-0.3, -0.25) is 4.79 Å². The van der Waals surface area contributed by atoms with Crippen LogP contribution in [0.1, 0.15) is 25.3 Å². The lowest BCUT2D eigenvalue weighted by Crippen LogP contribution is -2.23. The highest BCUT2D eigenvalue weighted by molar-refractivity contribution is 5.69. The molecular weight excluding hydrogens is 285 g/mol. The number of halogens is 3. The molecule has 0 saturated carbocycles. The van der Waals surface area contributed by atoms with Crippen LogP contribution in [0.2, 0.25) is 0 Å². The second-order valence-electron chi connectivity index (χ2n) is 4.23. The minimum absolute atomic E-state index is 0.0108. The standard InChI is InChI=1S/C15H15F3O3/c1-3-6-14(19)21-12(4-2)10-20-13-8-5-7-11(9-13)15(16,17)18/h2,5,7-9,12H,3,6,10H2,1H3. The Balaban J connectivity index is 2.61. The molecular formula is C15H15F3O3. The van der Waals surface area contributed by atoms with Crippen molar-refractivity contribution in [3.8, 4) is 18.1 Å². The van der Waals surface area contributed by atoms with Gasteiger partial charge in [-0.2, -0.15) is 13.2 Å². The first-order valence-corrected chi connectivity index (χ1v) is 6.32. The van der Waals surface area contributed by atoms with Gasteiger partial charge < -0.3 is 9.47 Å². The van der Waals surface area contributed by atoms with Crippen molar-refractivity contribution >= 4 is 5.97 Å². The molecule has 0 saturated heterocycles. The molecule has 0 radical (unpaired) electrons. The van der Waals surface area contributed by atoms with Crippen molar-refractivity contribution in [1.29, 1.82) is 0 Å². The molecule has 0 N–H and O–H groups in total. The van der Waals surface area contributed by atoms with E-state index in [0.717, 1.165) is 12.1 Å². The molecule has 0 amide bonds. The molecule has 1 unspecified atom stereocenters. The van der Waals surface area contributed by atoms with E-state index in [0.29, 0.717) is 6.42 Å². The highest BCUT2D eigenvalue weighted by Gasteiger charge is 2.30. The topological polar surface area (TPSA) is 35.5 Å². The van der Waals surface area contributed by atoms with Crippen molar-refractivity contribution < 1.29 is 27.4 Å². The largest absolute Gasteiger partial charge is 0.489 e. The van der Waals surface area contributed by atoms with E-state index in [-0.39, 0.29) is 18.8 Å². The van der Waals surface area contributed by atoms with Crippen molar-refractivity contribution in [2.75, 3.05) is 6.61 Å². The lowest BCUT2D eigenvalue weighted by atomic mass is 10.2. The van der Waals surface area contributed by atoms with Crippen molar-refractivity contribution in [2.45, 2.75) is 32.0 Å². The third-order valence-corrected chi connectivity index (χ3v) is 2.48. The molecule has 0 bridgehead atoms. The summed E-state index contributed by atoms with van der Waals surface area (Å²) in [6, 6.07) is 4.40. The van der Waals surface area contributed by atoms with Crippen LogP contribution in [0.25, 0.3) is 0 Å². The number of rotatable bonds is 6. The van der Waals surface area contributed by atoms with Crippen molar-refractivity contribution in [2.24, 2.45) is 0 Å². The first-order valence-electron chi connectivity index (χ1n) is 6.32. The number of hydrogen-bond donors (Lipinski definition) is 0. The van der Waals surface area contributed by atoms with Crippen LogP contribution in [-0.4, -0.2) is 18.7 Å². The minimum Gasteiger partial charge on any atom is -0.489 e. The van der Waals surface area contributed by atoms with Gasteiger partial charge in [0.2, 0.25) is 0 Å². The second kappa shape index (κ2) is 7.58. The minimum atomic E-state index is -4.45. The van der Waals surface area contributed by atoms with Gasteiger partial charge in [0.1, 0.15) is 12.4 Å². The molecule has 0 heterocycles. The lowest BCUT2D eigenvalue weighted by molar-refractivity contribution is -0.147.